The van der Waals surface area contributed by atoms with Crippen LogP contribution in [0.15, 0.2) is 47.5 Å². The van der Waals surface area contributed by atoms with Crippen LogP contribution in [-0.4, -0.2) is 19.7 Å². The molecule has 3 aromatic rings. The number of nitrogens with zero attached hydrogens (tertiary/aromatic N) is 4. The van der Waals surface area contributed by atoms with Gasteiger partial charge < -0.3 is 14.3 Å². The molecule has 2 aromatic heterocycles. The molecule has 3 rings (SSSR count). The molecule has 0 saturated carbocycles. The first-order valence-electron chi connectivity index (χ1n) is 6.34. The van der Waals surface area contributed by atoms with E-state index in [1.165, 1.54) is 6.39 Å². The maximum absolute atomic E-state index is 5.20. The van der Waals surface area contributed by atoms with Crippen LogP contribution in [-0.2, 0) is 7.05 Å². The van der Waals surface area contributed by atoms with Gasteiger partial charge in [0.25, 0.3) is 0 Å². The van der Waals surface area contributed by atoms with E-state index in [0.29, 0.717) is 5.89 Å². The molecule has 6 heteroatoms. The highest BCUT2D eigenvalue weighted by Gasteiger charge is 2.11. The summed E-state index contributed by atoms with van der Waals surface area (Å²) in [6.07, 6.45) is 5.05. The largest absolute Gasteiger partial charge is 0.423 e. The molecule has 0 aliphatic carbocycles. The highest BCUT2D eigenvalue weighted by atomic mass is 16.4. The maximum atomic E-state index is 5.20. The van der Waals surface area contributed by atoms with Crippen LogP contribution in [0.25, 0.3) is 11.5 Å². The molecular formula is C14H15N5O. The van der Waals surface area contributed by atoms with E-state index in [-0.39, 0.29) is 6.04 Å². The Bertz CT molecular complexity index is 689. The maximum Gasteiger partial charge on any atom is 0.247 e. The molecule has 0 aliphatic rings. The fourth-order valence-corrected chi connectivity index (χ4v) is 2.15. The van der Waals surface area contributed by atoms with Crippen molar-refractivity contribution in [1.82, 2.24) is 19.7 Å². The summed E-state index contributed by atoms with van der Waals surface area (Å²) in [5, 5.41) is 11.0. The van der Waals surface area contributed by atoms with Gasteiger partial charge in [0.15, 0.2) is 0 Å². The Kier molecular flexibility index (Phi) is 3.20. The second-order valence-corrected chi connectivity index (χ2v) is 4.59. The molecule has 0 spiro atoms. The molecule has 102 valence electrons. The van der Waals surface area contributed by atoms with E-state index < -0.39 is 0 Å². The van der Waals surface area contributed by atoms with E-state index in [9.17, 15) is 0 Å². The predicted molar refractivity (Wildman–Crippen MR) is 75.0 cm³/mol. The van der Waals surface area contributed by atoms with E-state index in [1.807, 2.05) is 42.1 Å². The quantitative estimate of drug-likeness (QED) is 0.788. The van der Waals surface area contributed by atoms with Crippen LogP contribution in [0.5, 0.6) is 0 Å². The highest BCUT2D eigenvalue weighted by molar-refractivity contribution is 5.61. The number of rotatable bonds is 4. The molecular weight excluding hydrogens is 254 g/mol. The number of benzene rings is 1. The van der Waals surface area contributed by atoms with Crippen molar-refractivity contribution in [3.63, 3.8) is 0 Å². The lowest BCUT2D eigenvalue weighted by Gasteiger charge is -2.15. The topological polar surface area (TPSA) is 68.8 Å². The highest BCUT2D eigenvalue weighted by Crippen LogP contribution is 2.23. The minimum Gasteiger partial charge on any atom is -0.423 e. The van der Waals surface area contributed by atoms with Crippen molar-refractivity contribution < 1.29 is 4.42 Å². The van der Waals surface area contributed by atoms with Crippen molar-refractivity contribution in [2.24, 2.45) is 7.05 Å². The lowest BCUT2D eigenvalue weighted by molar-refractivity contribution is 0.568. The standard InChI is InChI=1S/C14H15N5O/c1-10(13-15-6-7-19(13)2)17-12-5-3-4-11(8-12)14-18-16-9-20-14/h3-10,17H,1-2H3. The third-order valence-corrected chi connectivity index (χ3v) is 3.10. The summed E-state index contributed by atoms with van der Waals surface area (Å²) in [4.78, 5) is 4.34. The zero-order valence-corrected chi connectivity index (χ0v) is 11.3. The Morgan fingerprint density at radius 2 is 2.25 bits per heavy atom. The number of aromatic nitrogens is 4. The number of nitrogens with one attached hydrogen (secondary N) is 1. The smallest absolute Gasteiger partial charge is 0.247 e. The molecule has 2 heterocycles. The molecule has 0 aliphatic heterocycles. The molecule has 0 bridgehead atoms. The Balaban J connectivity index is 1.81. The average Bonchev–Trinajstić information content (AvgIpc) is 3.09. The summed E-state index contributed by atoms with van der Waals surface area (Å²) in [5.41, 5.74) is 1.87. The third kappa shape index (κ3) is 2.40. The molecule has 6 nitrogen and oxygen atoms in total. The van der Waals surface area contributed by atoms with Gasteiger partial charge in [-0.15, -0.1) is 10.2 Å². The lowest BCUT2D eigenvalue weighted by Crippen LogP contribution is -2.11. The van der Waals surface area contributed by atoms with E-state index in [1.54, 1.807) is 6.20 Å². The van der Waals surface area contributed by atoms with Gasteiger partial charge in [0.05, 0.1) is 6.04 Å². The minimum absolute atomic E-state index is 0.105. The van der Waals surface area contributed by atoms with Gasteiger partial charge >= 0.3 is 0 Å². The molecule has 0 saturated heterocycles. The Morgan fingerprint density at radius 1 is 1.35 bits per heavy atom. The van der Waals surface area contributed by atoms with Crippen molar-refractivity contribution in [1.29, 1.82) is 0 Å². The first-order chi connectivity index (χ1) is 9.74. The summed E-state index contributed by atoms with van der Waals surface area (Å²) in [5.74, 6) is 1.49. The van der Waals surface area contributed by atoms with Crippen molar-refractivity contribution in [3.8, 4) is 11.5 Å². The fraction of sp³-hybridized carbons (Fsp3) is 0.214. The number of anilines is 1. The average molecular weight is 269 g/mol. The molecule has 1 atom stereocenters. The monoisotopic (exact) mass is 269 g/mol. The van der Waals surface area contributed by atoms with Gasteiger partial charge in [-0.05, 0) is 25.1 Å². The molecule has 1 N–H and O–H groups in total. The van der Waals surface area contributed by atoms with E-state index in [2.05, 4.69) is 27.4 Å². The van der Waals surface area contributed by atoms with Crippen LogP contribution in [0.4, 0.5) is 5.69 Å². The van der Waals surface area contributed by atoms with Crippen molar-refractivity contribution in [2.75, 3.05) is 5.32 Å². The SMILES string of the molecule is CC(Nc1cccc(-c2nnco2)c1)c1nccn1C. The van der Waals surface area contributed by atoms with Crippen LogP contribution in [0, 0.1) is 0 Å². The van der Waals surface area contributed by atoms with Gasteiger partial charge in [-0.25, -0.2) is 4.98 Å². The van der Waals surface area contributed by atoms with Crippen LogP contribution in [0.1, 0.15) is 18.8 Å². The zero-order valence-electron chi connectivity index (χ0n) is 11.3. The number of hydrogen-bond acceptors (Lipinski definition) is 5. The van der Waals surface area contributed by atoms with Crippen LogP contribution in [0.3, 0.4) is 0 Å². The number of imidazole rings is 1. The first-order valence-corrected chi connectivity index (χ1v) is 6.34. The molecule has 0 amide bonds. The number of aryl methyl sites for hydroxylation is 1. The Morgan fingerprint density at radius 3 is 2.95 bits per heavy atom. The third-order valence-electron chi connectivity index (χ3n) is 3.10. The second-order valence-electron chi connectivity index (χ2n) is 4.59. The second kappa shape index (κ2) is 5.16. The summed E-state index contributed by atoms with van der Waals surface area (Å²) < 4.78 is 7.20. The fourth-order valence-electron chi connectivity index (χ4n) is 2.15. The van der Waals surface area contributed by atoms with Gasteiger partial charge in [0.2, 0.25) is 12.3 Å². The van der Waals surface area contributed by atoms with E-state index in [0.717, 1.165) is 17.1 Å². The van der Waals surface area contributed by atoms with Crippen molar-refractivity contribution in [3.05, 3.63) is 48.9 Å². The van der Waals surface area contributed by atoms with Gasteiger partial charge in [-0.3, -0.25) is 0 Å². The molecule has 0 fully saturated rings. The molecule has 20 heavy (non-hydrogen) atoms. The molecule has 0 radical (unpaired) electrons. The zero-order chi connectivity index (χ0) is 13.9. The summed E-state index contributed by atoms with van der Waals surface area (Å²) in [6.45, 7) is 2.07. The van der Waals surface area contributed by atoms with Crippen LogP contribution >= 0.6 is 0 Å². The van der Waals surface area contributed by atoms with Gasteiger partial charge in [-0.1, -0.05) is 6.07 Å². The number of hydrogen-bond donors (Lipinski definition) is 1. The van der Waals surface area contributed by atoms with Crippen molar-refractivity contribution in [2.45, 2.75) is 13.0 Å². The molecule has 1 unspecified atom stereocenters. The summed E-state index contributed by atoms with van der Waals surface area (Å²) in [6, 6.07) is 7.97. The normalized spacial score (nSPS) is 12.3. The Hall–Kier alpha value is -2.63. The van der Waals surface area contributed by atoms with E-state index in [4.69, 9.17) is 4.42 Å². The summed E-state index contributed by atoms with van der Waals surface area (Å²) >= 11 is 0. The van der Waals surface area contributed by atoms with Gasteiger partial charge in [0, 0.05) is 30.7 Å². The molecule has 1 aromatic carbocycles. The summed E-state index contributed by atoms with van der Waals surface area (Å²) in [7, 11) is 1.98. The predicted octanol–water partition coefficient (Wildman–Crippen LogP) is 2.64. The lowest BCUT2D eigenvalue weighted by atomic mass is 10.2. The van der Waals surface area contributed by atoms with Gasteiger partial charge in [-0.2, -0.15) is 0 Å². The van der Waals surface area contributed by atoms with Crippen LogP contribution < -0.4 is 5.32 Å². The van der Waals surface area contributed by atoms with Crippen LogP contribution in [0.2, 0.25) is 0 Å². The Labute approximate surface area is 116 Å². The van der Waals surface area contributed by atoms with Gasteiger partial charge in [0.1, 0.15) is 5.82 Å². The van der Waals surface area contributed by atoms with Crippen molar-refractivity contribution >= 4 is 5.69 Å². The minimum atomic E-state index is 0.105. The first kappa shape index (κ1) is 12.4. The van der Waals surface area contributed by atoms with E-state index >= 15 is 0 Å².